The highest BCUT2D eigenvalue weighted by Gasteiger charge is 2.40. The third-order valence-electron chi connectivity index (χ3n) is 5.00. The van der Waals surface area contributed by atoms with Crippen LogP contribution in [0, 0.1) is 11.8 Å². The fraction of sp³-hybridized carbons (Fsp3) is 0.529. The van der Waals surface area contributed by atoms with Gasteiger partial charge in [-0.1, -0.05) is 5.16 Å². The van der Waals surface area contributed by atoms with Gasteiger partial charge in [-0.3, -0.25) is 9.69 Å². The zero-order valence-electron chi connectivity index (χ0n) is 13.4. The van der Waals surface area contributed by atoms with E-state index < -0.39 is 0 Å². The topological polar surface area (TPSA) is 80.7 Å². The molecule has 128 valence electrons. The minimum atomic E-state index is -0.245. The largest absolute Gasteiger partial charge is 0.472 e. The number of piperidine rings is 1. The summed E-state index contributed by atoms with van der Waals surface area (Å²) < 4.78 is 16.0. The lowest BCUT2D eigenvalue weighted by atomic mass is 9.84. The van der Waals surface area contributed by atoms with Crippen molar-refractivity contribution in [3.05, 3.63) is 42.2 Å². The number of nitrogens with zero attached hydrogens (tertiary/aromatic N) is 2. The number of hydrogen-bond acceptors (Lipinski definition) is 6. The summed E-state index contributed by atoms with van der Waals surface area (Å²) in [7, 11) is 0. The molecule has 7 heteroatoms. The summed E-state index contributed by atoms with van der Waals surface area (Å²) >= 11 is 0. The summed E-state index contributed by atoms with van der Waals surface area (Å²) in [6.07, 6.45) is 6.16. The zero-order valence-corrected chi connectivity index (χ0v) is 13.4. The number of ether oxygens (including phenoxy) is 1. The molecule has 7 nitrogen and oxygen atoms in total. The Balaban J connectivity index is 1.32. The van der Waals surface area contributed by atoms with Gasteiger partial charge in [-0.25, -0.2) is 0 Å². The molecule has 0 bridgehead atoms. The zero-order chi connectivity index (χ0) is 16.4. The summed E-state index contributed by atoms with van der Waals surface area (Å²) in [6.45, 7) is 4.25. The molecule has 2 aliphatic rings. The van der Waals surface area contributed by atoms with Gasteiger partial charge in [0.25, 0.3) is 5.91 Å². The van der Waals surface area contributed by atoms with Gasteiger partial charge in [0.2, 0.25) is 5.76 Å². The first-order chi connectivity index (χ1) is 11.8. The molecule has 0 radical (unpaired) electrons. The van der Waals surface area contributed by atoms with Crippen molar-refractivity contribution in [3.63, 3.8) is 0 Å². The highest BCUT2D eigenvalue weighted by molar-refractivity contribution is 5.91. The average molecular weight is 331 g/mol. The van der Waals surface area contributed by atoms with E-state index in [-0.39, 0.29) is 17.8 Å². The van der Waals surface area contributed by atoms with E-state index in [1.165, 1.54) is 11.8 Å². The molecule has 1 N–H and O–H groups in total. The van der Waals surface area contributed by atoms with E-state index in [1.807, 2.05) is 6.07 Å². The lowest BCUT2D eigenvalue weighted by Gasteiger charge is -2.35. The van der Waals surface area contributed by atoms with Crippen LogP contribution in [0.5, 0.6) is 0 Å². The van der Waals surface area contributed by atoms with Gasteiger partial charge < -0.3 is 19.0 Å². The van der Waals surface area contributed by atoms with Crippen LogP contribution in [0.2, 0.25) is 0 Å². The predicted molar refractivity (Wildman–Crippen MR) is 84.2 cm³/mol. The highest BCUT2D eigenvalue weighted by atomic mass is 16.5. The number of furan rings is 1. The van der Waals surface area contributed by atoms with Gasteiger partial charge in [0.15, 0.2) is 0 Å². The molecule has 1 amide bonds. The molecule has 2 aliphatic heterocycles. The number of fused-ring (bicyclic) bond motifs is 1. The smallest absolute Gasteiger partial charge is 0.289 e. The molecule has 4 rings (SSSR count). The number of hydrogen-bond donors (Lipinski definition) is 1. The molecule has 4 heterocycles. The number of aromatic nitrogens is 1. The van der Waals surface area contributed by atoms with Crippen LogP contribution in [0.15, 0.2) is 39.8 Å². The Morgan fingerprint density at radius 3 is 3.17 bits per heavy atom. The molecular weight excluding hydrogens is 310 g/mol. The van der Waals surface area contributed by atoms with Crippen LogP contribution in [0.1, 0.15) is 22.5 Å². The fourth-order valence-corrected chi connectivity index (χ4v) is 3.71. The number of rotatable bonds is 5. The van der Waals surface area contributed by atoms with Crippen molar-refractivity contribution in [2.24, 2.45) is 11.8 Å². The van der Waals surface area contributed by atoms with Crippen LogP contribution in [0.3, 0.4) is 0 Å². The standard InChI is InChI=1S/C17H21N3O4/c21-17(15-1-4-19-24-15)18-7-16-14-9-20(5-2-13(14)11-23-16)8-12-3-6-22-10-12/h1,3-4,6,10,13-14,16H,2,5,7-9,11H2,(H,18,21)/t13-,14-,16+/m0/s1. The van der Waals surface area contributed by atoms with Crippen molar-refractivity contribution in [1.29, 1.82) is 0 Å². The fourth-order valence-electron chi connectivity index (χ4n) is 3.71. The summed E-state index contributed by atoms with van der Waals surface area (Å²) in [5, 5.41) is 6.44. The number of carbonyl (C=O) groups excluding carboxylic acids is 1. The SMILES string of the molecule is O=C(NC[C@H]1OC[C@@H]2CCN(Cc3ccoc3)C[C@@H]21)c1ccno1. The monoisotopic (exact) mass is 331 g/mol. The van der Waals surface area contributed by atoms with Gasteiger partial charge in [0.05, 0.1) is 31.4 Å². The van der Waals surface area contributed by atoms with Crippen LogP contribution in [0.25, 0.3) is 0 Å². The predicted octanol–water partition coefficient (Wildman–Crippen LogP) is 1.53. The van der Waals surface area contributed by atoms with E-state index >= 15 is 0 Å². The second-order valence-electron chi connectivity index (χ2n) is 6.54. The van der Waals surface area contributed by atoms with Gasteiger partial charge in [-0.2, -0.15) is 0 Å². The number of carbonyl (C=O) groups is 1. The van der Waals surface area contributed by atoms with Crippen molar-refractivity contribution in [2.75, 3.05) is 26.2 Å². The van der Waals surface area contributed by atoms with Gasteiger partial charge in [-0.05, 0) is 24.9 Å². The maximum absolute atomic E-state index is 12.0. The number of nitrogens with one attached hydrogen (secondary N) is 1. The molecule has 3 atom stereocenters. The summed E-state index contributed by atoms with van der Waals surface area (Å²) in [4.78, 5) is 14.4. The molecule has 2 saturated heterocycles. The molecular formula is C17H21N3O4. The Morgan fingerprint density at radius 1 is 1.42 bits per heavy atom. The maximum Gasteiger partial charge on any atom is 0.289 e. The van der Waals surface area contributed by atoms with E-state index in [2.05, 4.69) is 15.4 Å². The number of likely N-dealkylation sites (tertiary alicyclic amines) is 1. The van der Waals surface area contributed by atoms with Crippen molar-refractivity contribution >= 4 is 5.91 Å². The summed E-state index contributed by atoms with van der Waals surface area (Å²) in [5.41, 5.74) is 1.20. The molecule has 24 heavy (non-hydrogen) atoms. The Bertz CT molecular complexity index is 655. The quantitative estimate of drug-likeness (QED) is 0.895. The molecule has 2 aromatic rings. The van der Waals surface area contributed by atoms with Crippen molar-refractivity contribution in [3.8, 4) is 0 Å². The Labute approximate surface area is 139 Å². The minimum absolute atomic E-state index is 0.0500. The number of amides is 1. The van der Waals surface area contributed by atoms with Crippen LogP contribution in [0.4, 0.5) is 0 Å². The van der Waals surface area contributed by atoms with Crippen molar-refractivity contribution in [1.82, 2.24) is 15.4 Å². The molecule has 0 aromatic carbocycles. The maximum atomic E-state index is 12.0. The first-order valence-corrected chi connectivity index (χ1v) is 8.33. The van der Waals surface area contributed by atoms with Crippen molar-refractivity contribution < 1.29 is 18.5 Å². The van der Waals surface area contributed by atoms with E-state index in [1.54, 1.807) is 18.6 Å². The van der Waals surface area contributed by atoms with Crippen LogP contribution < -0.4 is 5.32 Å². The molecule has 0 aliphatic carbocycles. The molecule has 2 fully saturated rings. The third kappa shape index (κ3) is 3.22. The summed E-state index contributed by atoms with van der Waals surface area (Å²) in [6, 6.07) is 3.56. The second kappa shape index (κ2) is 6.78. The molecule has 2 aromatic heterocycles. The van der Waals surface area contributed by atoms with E-state index in [0.29, 0.717) is 18.4 Å². The minimum Gasteiger partial charge on any atom is -0.472 e. The Morgan fingerprint density at radius 2 is 2.38 bits per heavy atom. The van der Waals surface area contributed by atoms with Crippen molar-refractivity contribution in [2.45, 2.75) is 19.1 Å². The van der Waals surface area contributed by atoms with Crippen LogP contribution >= 0.6 is 0 Å². The first kappa shape index (κ1) is 15.4. The Kier molecular flexibility index (Phi) is 4.36. The van der Waals surface area contributed by atoms with E-state index in [9.17, 15) is 4.79 Å². The molecule has 0 spiro atoms. The average Bonchev–Trinajstić information content (AvgIpc) is 3.34. The van der Waals surface area contributed by atoms with Crippen LogP contribution in [-0.2, 0) is 11.3 Å². The highest BCUT2D eigenvalue weighted by Crippen LogP contribution is 2.34. The third-order valence-corrected chi connectivity index (χ3v) is 5.00. The van der Waals surface area contributed by atoms with E-state index in [4.69, 9.17) is 13.7 Å². The molecule has 0 unspecified atom stereocenters. The lowest BCUT2D eigenvalue weighted by Crippen LogP contribution is -2.45. The van der Waals surface area contributed by atoms with Gasteiger partial charge >= 0.3 is 0 Å². The lowest BCUT2D eigenvalue weighted by molar-refractivity contribution is 0.0664. The summed E-state index contributed by atoms with van der Waals surface area (Å²) in [5.74, 6) is 1.01. The second-order valence-corrected chi connectivity index (χ2v) is 6.54. The van der Waals surface area contributed by atoms with Gasteiger partial charge in [0, 0.05) is 37.2 Å². The van der Waals surface area contributed by atoms with Gasteiger partial charge in [0.1, 0.15) is 0 Å². The Hall–Kier alpha value is -2.12. The normalized spacial score (nSPS) is 27.1. The van der Waals surface area contributed by atoms with Crippen LogP contribution in [-0.4, -0.2) is 48.3 Å². The van der Waals surface area contributed by atoms with Gasteiger partial charge in [-0.15, -0.1) is 0 Å². The first-order valence-electron chi connectivity index (χ1n) is 8.33. The molecule has 0 saturated carbocycles. The van der Waals surface area contributed by atoms with E-state index in [0.717, 1.165) is 32.7 Å².